The molecule has 0 bridgehead atoms. The van der Waals surface area contributed by atoms with Gasteiger partial charge in [-0.25, -0.2) is 4.68 Å². The van der Waals surface area contributed by atoms with E-state index in [2.05, 4.69) is 15.3 Å². The zero-order chi connectivity index (χ0) is 15.4. The van der Waals surface area contributed by atoms with Gasteiger partial charge in [0.1, 0.15) is 5.69 Å². The molecule has 0 radical (unpaired) electrons. The van der Waals surface area contributed by atoms with E-state index in [1.807, 2.05) is 0 Å². The van der Waals surface area contributed by atoms with Gasteiger partial charge in [0.15, 0.2) is 0 Å². The normalized spacial score (nSPS) is 17.1. The summed E-state index contributed by atoms with van der Waals surface area (Å²) in [5.41, 5.74) is 0.498. The quantitative estimate of drug-likeness (QED) is 0.594. The minimum absolute atomic E-state index is 0.0650. The highest BCUT2D eigenvalue weighted by atomic mass is 16.6. The van der Waals surface area contributed by atoms with Crippen LogP contribution in [-0.4, -0.2) is 57.5 Å². The van der Waals surface area contributed by atoms with Gasteiger partial charge in [0.2, 0.25) is 5.82 Å². The molecule has 0 atom stereocenters. The van der Waals surface area contributed by atoms with Crippen LogP contribution in [0.15, 0.2) is 0 Å². The Hall–Kier alpha value is -1.67. The van der Waals surface area contributed by atoms with E-state index in [9.17, 15) is 10.1 Å². The van der Waals surface area contributed by atoms with Crippen molar-refractivity contribution < 1.29 is 10.0 Å². The maximum absolute atomic E-state index is 11.1. The predicted molar refractivity (Wildman–Crippen MR) is 79.3 cm³/mol. The van der Waals surface area contributed by atoms with Crippen LogP contribution in [0, 0.1) is 23.0 Å². The molecule has 0 unspecified atom stereocenters. The minimum atomic E-state index is -0.380. The second kappa shape index (κ2) is 6.86. The average molecular weight is 297 g/mol. The number of β-amino-alcohol motifs (C(OH)–C–C–N with tert-alkyl or cyclic N) is 1. The van der Waals surface area contributed by atoms with Gasteiger partial charge in [0, 0.05) is 20.1 Å². The van der Waals surface area contributed by atoms with Gasteiger partial charge in [-0.05, 0) is 38.8 Å². The minimum Gasteiger partial charge on any atom is -0.395 e. The highest BCUT2D eigenvalue weighted by molar-refractivity contribution is 5.59. The van der Waals surface area contributed by atoms with E-state index in [4.69, 9.17) is 5.11 Å². The van der Waals surface area contributed by atoms with Crippen LogP contribution in [0.1, 0.15) is 18.5 Å². The number of nitrogens with zero attached hydrogens (tertiary/aromatic N) is 4. The smallest absolute Gasteiger partial charge is 0.333 e. The van der Waals surface area contributed by atoms with E-state index < -0.39 is 0 Å². The summed E-state index contributed by atoms with van der Waals surface area (Å²) in [4.78, 5) is 13.0. The summed E-state index contributed by atoms with van der Waals surface area (Å²) in [6.07, 6.45) is 2.08. The molecule has 2 N–H and O–H groups in total. The molecule has 1 aliphatic heterocycles. The number of aromatic nitrogens is 2. The number of hydrogen-bond donors (Lipinski definition) is 2. The zero-order valence-electron chi connectivity index (χ0n) is 12.6. The maximum Gasteiger partial charge on any atom is 0.333 e. The molecule has 0 amide bonds. The summed E-state index contributed by atoms with van der Waals surface area (Å²) in [6, 6.07) is 0. The molecule has 1 aliphatic rings. The summed E-state index contributed by atoms with van der Waals surface area (Å²) in [5, 5.41) is 27.3. The Morgan fingerprint density at radius 3 is 2.71 bits per heavy atom. The van der Waals surface area contributed by atoms with Crippen molar-refractivity contribution in [2.75, 3.05) is 38.1 Å². The lowest BCUT2D eigenvalue weighted by molar-refractivity contribution is -0.384. The molecule has 1 aromatic heterocycles. The second-order valence-electron chi connectivity index (χ2n) is 5.55. The number of likely N-dealkylation sites (tertiary alicyclic amines) is 1. The van der Waals surface area contributed by atoms with E-state index in [0.717, 1.165) is 32.5 Å². The molecule has 0 saturated carbocycles. The van der Waals surface area contributed by atoms with E-state index in [1.165, 1.54) is 4.68 Å². The zero-order valence-corrected chi connectivity index (χ0v) is 12.6. The van der Waals surface area contributed by atoms with Crippen LogP contribution in [0.3, 0.4) is 0 Å². The molecular weight excluding hydrogens is 274 g/mol. The van der Waals surface area contributed by atoms with E-state index in [1.54, 1.807) is 14.0 Å². The molecule has 118 valence electrons. The van der Waals surface area contributed by atoms with Gasteiger partial charge in [-0.2, -0.15) is 5.10 Å². The topological polar surface area (TPSA) is 96.5 Å². The van der Waals surface area contributed by atoms with Gasteiger partial charge in [-0.15, -0.1) is 0 Å². The van der Waals surface area contributed by atoms with Crippen LogP contribution >= 0.6 is 0 Å². The van der Waals surface area contributed by atoms with Crippen molar-refractivity contribution in [1.29, 1.82) is 0 Å². The fraction of sp³-hybridized carbons (Fsp3) is 0.769. The van der Waals surface area contributed by atoms with Crippen molar-refractivity contribution in [3.8, 4) is 0 Å². The number of rotatable bonds is 6. The molecule has 8 nitrogen and oxygen atoms in total. The van der Waals surface area contributed by atoms with Gasteiger partial charge in [0.05, 0.1) is 11.5 Å². The molecule has 2 rings (SSSR count). The Labute approximate surface area is 123 Å². The largest absolute Gasteiger partial charge is 0.395 e. The standard InChI is InChI=1S/C13H23N5O3/c1-10-12(18(20)21)13(16(2)15-10)14-9-11-3-5-17(6-4-11)7-8-19/h11,14,19H,3-9H2,1-2H3. The molecule has 2 heterocycles. The van der Waals surface area contributed by atoms with Gasteiger partial charge in [-0.3, -0.25) is 10.1 Å². The van der Waals surface area contributed by atoms with Crippen LogP contribution in [0.2, 0.25) is 0 Å². The highest BCUT2D eigenvalue weighted by Gasteiger charge is 2.25. The molecule has 1 aromatic rings. The molecule has 1 saturated heterocycles. The third-order valence-electron chi connectivity index (χ3n) is 4.05. The van der Waals surface area contributed by atoms with Crippen LogP contribution < -0.4 is 5.32 Å². The van der Waals surface area contributed by atoms with Crippen molar-refractivity contribution in [2.45, 2.75) is 19.8 Å². The van der Waals surface area contributed by atoms with Crippen molar-refractivity contribution in [1.82, 2.24) is 14.7 Å². The van der Waals surface area contributed by atoms with E-state index >= 15 is 0 Å². The maximum atomic E-state index is 11.1. The number of aryl methyl sites for hydroxylation is 2. The summed E-state index contributed by atoms with van der Waals surface area (Å²) in [7, 11) is 1.71. The summed E-state index contributed by atoms with van der Waals surface area (Å²) in [6.45, 7) is 5.23. The molecule has 21 heavy (non-hydrogen) atoms. The van der Waals surface area contributed by atoms with Crippen LogP contribution in [0.5, 0.6) is 0 Å². The molecular formula is C13H23N5O3. The number of aliphatic hydroxyl groups excluding tert-OH is 1. The van der Waals surface area contributed by atoms with Crippen LogP contribution in [-0.2, 0) is 7.05 Å². The van der Waals surface area contributed by atoms with Crippen molar-refractivity contribution in [3.05, 3.63) is 15.8 Å². The molecule has 0 aliphatic carbocycles. The SMILES string of the molecule is Cc1nn(C)c(NCC2CCN(CCO)CC2)c1[N+](=O)[O-]. The number of nitro groups is 1. The lowest BCUT2D eigenvalue weighted by Gasteiger charge is -2.31. The fourth-order valence-electron chi connectivity index (χ4n) is 2.86. The van der Waals surface area contributed by atoms with Gasteiger partial charge >= 0.3 is 5.69 Å². The molecule has 8 heteroatoms. The Bertz CT molecular complexity index is 494. The lowest BCUT2D eigenvalue weighted by atomic mass is 9.97. The fourth-order valence-corrected chi connectivity index (χ4v) is 2.86. The summed E-state index contributed by atoms with van der Waals surface area (Å²) >= 11 is 0. The number of aliphatic hydroxyl groups is 1. The third-order valence-corrected chi connectivity index (χ3v) is 4.05. The highest BCUT2D eigenvalue weighted by Crippen LogP contribution is 2.28. The number of piperidine rings is 1. The second-order valence-corrected chi connectivity index (χ2v) is 5.55. The lowest BCUT2D eigenvalue weighted by Crippen LogP contribution is -2.37. The molecule has 0 aromatic carbocycles. The monoisotopic (exact) mass is 297 g/mol. The Morgan fingerprint density at radius 2 is 2.14 bits per heavy atom. The van der Waals surface area contributed by atoms with Gasteiger partial charge in [0.25, 0.3) is 0 Å². The Balaban J connectivity index is 1.91. The molecule has 1 fully saturated rings. The first-order chi connectivity index (χ1) is 10.0. The van der Waals surface area contributed by atoms with Crippen molar-refractivity contribution in [2.24, 2.45) is 13.0 Å². The first kappa shape index (κ1) is 15.7. The Morgan fingerprint density at radius 1 is 1.48 bits per heavy atom. The van der Waals surface area contributed by atoms with E-state index in [-0.39, 0.29) is 17.2 Å². The van der Waals surface area contributed by atoms with Gasteiger partial charge in [-0.1, -0.05) is 0 Å². The molecule has 0 spiro atoms. The third kappa shape index (κ3) is 3.70. The first-order valence-corrected chi connectivity index (χ1v) is 7.28. The predicted octanol–water partition coefficient (Wildman–Crippen LogP) is 0.753. The number of anilines is 1. The average Bonchev–Trinajstić information content (AvgIpc) is 2.72. The Kier molecular flexibility index (Phi) is 5.13. The van der Waals surface area contributed by atoms with Crippen molar-refractivity contribution >= 4 is 11.5 Å². The van der Waals surface area contributed by atoms with Gasteiger partial charge < -0.3 is 15.3 Å². The number of nitrogens with one attached hydrogen (secondary N) is 1. The number of hydrogen-bond acceptors (Lipinski definition) is 6. The summed E-state index contributed by atoms with van der Waals surface area (Å²) in [5.74, 6) is 0.977. The van der Waals surface area contributed by atoms with Crippen molar-refractivity contribution in [3.63, 3.8) is 0 Å². The van der Waals surface area contributed by atoms with Crippen LogP contribution in [0.4, 0.5) is 11.5 Å². The first-order valence-electron chi connectivity index (χ1n) is 7.28. The van der Waals surface area contributed by atoms with Crippen LogP contribution in [0.25, 0.3) is 0 Å². The van der Waals surface area contributed by atoms with E-state index in [0.29, 0.717) is 24.0 Å². The summed E-state index contributed by atoms with van der Waals surface area (Å²) < 4.78 is 1.54.